The monoisotopic (exact) mass is 772 g/mol. The van der Waals surface area contributed by atoms with Gasteiger partial charge in [-0.2, -0.15) is 0 Å². The number of rotatable bonds is 39. The molecule has 56 heavy (non-hydrogen) atoms. The predicted molar refractivity (Wildman–Crippen MR) is 248 cm³/mol. The Balaban J connectivity index is 3.73. The maximum absolute atomic E-state index is 12.4. The van der Waals surface area contributed by atoms with E-state index in [9.17, 15) is 15.0 Å². The van der Waals surface area contributed by atoms with Crippen molar-refractivity contribution in [1.82, 2.24) is 5.32 Å². The number of aliphatic hydroxyl groups is 2. The van der Waals surface area contributed by atoms with Crippen LogP contribution in [0.4, 0.5) is 0 Å². The molecule has 4 heteroatoms. The Labute approximate surface area is 346 Å². The van der Waals surface area contributed by atoms with Crippen LogP contribution in [-0.2, 0) is 4.79 Å². The standard InChI is InChI=1S/C52H85NO3/c1-3-5-7-9-11-13-15-16-17-18-19-20-21-22-23-24-25-26-27-28-29-30-31-32-33-34-35-36-38-40-42-44-46-48-52(56)53-50(49-54)51(55)47-45-43-41-39-37-14-12-10-8-6-4-2/h5,7,11,13,16-17,19-20,22-23,25-26,28-29,31-32,34-35,38,40,50-51,54-55H,3-4,6,8-10,12,14-15,18,21,24,27,30,33,36-37,39,41-49H2,1-2H3,(H,53,56)/b7-5-,13-11-,17-16-,20-19-,23-22-,26-25-,29-28-,32-31-,35-34-,40-38-. The highest BCUT2D eigenvalue weighted by Gasteiger charge is 2.19. The lowest BCUT2D eigenvalue weighted by Gasteiger charge is -2.22. The second-order valence-electron chi connectivity index (χ2n) is 14.7. The minimum atomic E-state index is -0.685. The molecule has 0 aromatic carbocycles. The van der Waals surface area contributed by atoms with Gasteiger partial charge in [0, 0.05) is 6.42 Å². The van der Waals surface area contributed by atoms with Gasteiger partial charge < -0.3 is 15.5 Å². The van der Waals surface area contributed by atoms with Gasteiger partial charge in [-0.25, -0.2) is 0 Å². The molecule has 0 radical (unpaired) electrons. The van der Waals surface area contributed by atoms with Crippen molar-refractivity contribution in [1.29, 1.82) is 0 Å². The second-order valence-corrected chi connectivity index (χ2v) is 14.7. The van der Waals surface area contributed by atoms with E-state index >= 15 is 0 Å². The minimum absolute atomic E-state index is 0.0811. The van der Waals surface area contributed by atoms with Gasteiger partial charge in [0.1, 0.15) is 0 Å². The zero-order valence-corrected chi connectivity index (χ0v) is 36.1. The highest BCUT2D eigenvalue weighted by molar-refractivity contribution is 5.76. The average Bonchev–Trinajstić information content (AvgIpc) is 3.20. The Hall–Kier alpha value is -3.21. The van der Waals surface area contributed by atoms with E-state index in [0.29, 0.717) is 12.8 Å². The van der Waals surface area contributed by atoms with Crippen LogP contribution in [0.5, 0.6) is 0 Å². The summed E-state index contributed by atoms with van der Waals surface area (Å²) in [6, 6.07) is -0.567. The summed E-state index contributed by atoms with van der Waals surface area (Å²) in [6.45, 7) is 4.19. The van der Waals surface area contributed by atoms with E-state index in [1.807, 2.05) is 0 Å². The molecule has 4 nitrogen and oxygen atoms in total. The molecular weight excluding hydrogens is 687 g/mol. The molecule has 0 spiro atoms. The van der Waals surface area contributed by atoms with Gasteiger partial charge >= 0.3 is 0 Å². The van der Waals surface area contributed by atoms with Crippen LogP contribution in [0.25, 0.3) is 0 Å². The number of unbranched alkanes of at least 4 members (excludes halogenated alkanes) is 12. The highest BCUT2D eigenvalue weighted by atomic mass is 16.3. The summed E-state index contributed by atoms with van der Waals surface area (Å²) in [5, 5.41) is 23.1. The van der Waals surface area contributed by atoms with Crippen LogP contribution in [-0.4, -0.2) is 34.9 Å². The first-order chi connectivity index (χ1) is 27.7. The molecule has 316 valence electrons. The van der Waals surface area contributed by atoms with Gasteiger partial charge in [-0.1, -0.05) is 206 Å². The Kier molecular flexibility index (Phi) is 43.5. The molecule has 0 rings (SSSR count). The van der Waals surface area contributed by atoms with Gasteiger partial charge in [-0.15, -0.1) is 0 Å². The number of nitrogens with one attached hydrogen (secondary N) is 1. The van der Waals surface area contributed by atoms with E-state index in [0.717, 1.165) is 96.3 Å². The van der Waals surface area contributed by atoms with Crippen molar-refractivity contribution in [3.63, 3.8) is 0 Å². The second kappa shape index (κ2) is 46.2. The zero-order valence-electron chi connectivity index (χ0n) is 36.1. The van der Waals surface area contributed by atoms with Crippen LogP contribution in [0.3, 0.4) is 0 Å². The van der Waals surface area contributed by atoms with Crippen molar-refractivity contribution in [3.05, 3.63) is 122 Å². The van der Waals surface area contributed by atoms with E-state index in [1.54, 1.807) is 0 Å². The third-order valence-corrected chi connectivity index (χ3v) is 9.49. The Morgan fingerprint density at radius 3 is 1.14 bits per heavy atom. The van der Waals surface area contributed by atoms with Crippen molar-refractivity contribution >= 4 is 5.91 Å². The molecule has 0 aliphatic carbocycles. The number of amides is 1. The molecule has 0 aromatic heterocycles. The van der Waals surface area contributed by atoms with Gasteiger partial charge in [0.2, 0.25) is 5.91 Å². The fourth-order valence-corrected chi connectivity index (χ4v) is 6.03. The number of carbonyl (C=O) groups excluding carboxylic acids is 1. The van der Waals surface area contributed by atoms with Crippen LogP contribution < -0.4 is 5.32 Å². The van der Waals surface area contributed by atoms with E-state index in [2.05, 4.69) is 141 Å². The van der Waals surface area contributed by atoms with E-state index in [4.69, 9.17) is 0 Å². The van der Waals surface area contributed by atoms with Gasteiger partial charge in [0.05, 0.1) is 18.8 Å². The Morgan fingerprint density at radius 1 is 0.446 bits per heavy atom. The third kappa shape index (κ3) is 41.9. The zero-order chi connectivity index (χ0) is 40.7. The third-order valence-electron chi connectivity index (χ3n) is 9.49. The number of aliphatic hydroxyl groups excluding tert-OH is 2. The minimum Gasteiger partial charge on any atom is -0.394 e. The number of hydrogen-bond acceptors (Lipinski definition) is 3. The molecular formula is C52H85NO3. The highest BCUT2D eigenvalue weighted by Crippen LogP contribution is 2.14. The number of hydrogen-bond donors (Lipinski definition) is 3. The molecule has 0 saturated heterocycles. The molecule has 0 bridgehead atoms. The van der Waals surface area contributed by atoms with Crippen LogP contribution in [0, 0.1) is 0 Å². The van der Waals surface area contributed by atoms with Crippen LogP contribution in [0.15, 0.2) is 122 Å². The summed E-state index contributed by atoms with van der Waals surface area (Å²) in [6.07, 6.45) is 71.4. The van der Waals surface area contributed by atoms with Crippen molar-refractivity contribution in [2.75, 3.05) is 6.61 Å². The first-order valence-corrected chi connectivity index (χ1v) is 22.7. The first-order valence-electron chi connectivity index (χ1n) is 22.7. The predicted octanol–water partition coefficient (Wildman–Crippen LogP) is 14.6. The lowest BCUT2D eigenvalue weighted by atomic mass is 10.0. The normalized spacial score (nSPS) is 14.1. The summed E-state index contributed by atoms with van der Waals surface area (Å²) in [5.74, 6) is -0.0811. The van der Waals surface area contributed by atoms with E-state index in [1.165, 1.54) is 57.8 Å². The topological polar surface area (TPSA) is 69.6 Å². The largest absolute Gasteiger partial charge is 0.394 e. The molecule has 0 saturated carbocycles. The van der Waals surface area contributed by atoms with E-state index in [-0.39, 0.29) is 12.5 Å². The smallest absolute Gasteiger partial charge is 0.220 e. The van der Waals surface area contributed by atoms with Crippen molar-refractivity contribution in [2.24, 2.45) is 0 Å². The van der Waals surface area contributed by atoms with Crippen LogP contribution in [0.2, 0.25) is 0 Å². The lowest BCUT2D eigenvalue weighted by molar-refractivity contribution is -0.123. The number of carbonyl (C=O) groups is 1. The SMILES string of the molecule is CC/C=C\C/C=C\C/C=C\C/C=C\C/C=C\C/C=C\C/C=C\C/C=C\C/C=C\C/C=C\CCCCC(=O)NC(CO)C(O)CCCCCCCCCCCCC. The molecule has 2 unspecified atom stereocenters. The summed E-state index contributed by atoms with van der Waals surface area (Å²) < 4.78 is 0. The molecule has 0 aliphatic rings. The quantitative estimate of drug-likeness (QED) is 0.0430. The lowest BCUT2D eigenvalue weighted by Crippen LogP contribution is -2.45. The Bertz CT molecular complexity index is 1150. The number of allylic oxidation sites excluding steroid dienone is 20. The van der Waals surface area contributed by atoms with Crippen LogP contribution >= 0.6 is 0 Å². The molecule has 1 amide bonds. The van der Waals surface area contributed by atoms with Crippen molar-refractivity contribution in [3.8, 4) is 0 Å². The van der Waals surface area contributed by atoms with Gasteiger partial charge in [0.15, 0.2) is 0 Å². The summed E-state index contributed by atoms with van der Waals surface area (Å²) in [5.41, 5.74) is 0. The first kappa shape index (κ1) is 52.8. The molecule has 0 aliphatic heterocycles. The van der Waals surface area contributed by atoms with Crippen molar-refractivity contribution in [2.45, 2.75) is 193 Å². The van der Waals surface area contributed by atoms with Gasteiger partial charge in [-0.05, 0) is 89.9 Å². The fraction of sp³-hybridized carbons (Fsp3) is 0.596. The molecule has 0 aromatic rings. The fourth-order valence-electron chi connectivity index (χ4n) is 6.03. The van der Waals surface area contributed by atoms with Crippen molar-refractivity contribution < 1.29 is 15.0 Å². The molecule has 3 N–H and O–H groups in total. The van der Waals surface area contributed by atoms with Crippen LogP contribution in [0.1, 0.15) is 181 Å². The maximum Gasteiger partial charge on any atom is 0.220 e. The molecule has 0 fully saturated rings. The Morgan fingerprint density at radius 2 is 0.786 bits per heavy atom. The summed E-state index contributed by atoms with van der Waals surface area (Å²) >= 11 is 0. The van der Waals surface area contributed by atoms with Gasteiger partial charge in [0.25, 0.3) is 0 Å². The van der Waals surface area contributed by atoms with E-state index < -0.39 is 12.1 Å². The summed E-state index contributed by atoms with van der Waals surface area (Å²) in [4.78, 5) is 12.4. The summed E-state index contributed by atoms with van der Waals surface area (Å²) in [7, 11) is 0. The molecule has 2 atom stereocenters. The average molecular weight is 772 g/mol. The molecule has 0 heterocycles. The van der Waals surface area contributed by atoms with Gasteiger partial charge in [-0.3, -0.25) is 4.79 Å². The maximum atomic E-state index is 12.4.